The summed E-state index contributed by atoms with van der Waals surface area (Å²) in [5.41, 5.74) is 3.86. The van der Waals surface area contributed by atoms with Crippen LogP contribution in [0.25, 0.3) is 0 Å². The van der Waals surface area contributed by atoms with E-state index in [-0.39, 0.29) is 5.91 Å². The molecule has 0 unspecified atom stereocenters. The summed E-state index contributed by atoms with van der Waals surface area (Å²) in [4.78, 5) is 12.5. The summed E-state index contributed by atoms with van der Waals surface area (Å²) in [7, 11) is 0. The van der Waals surface area contributed by atoms with Crippen molar-refractivity contribution in [2.75, 3.05) is 12.4 Å². The lowest BCUT2D eigenvalue weighted by atomic mass is 10.2. The minimum atomic E-state index is -0.309. The van der Waals surface area contributed by atoms with Gasteiger partial charge < -0.3 is 4.74 Å². The van der Waals surface area contributed by atoms with Gasteiger partial charge in [0.1, 0.15) is 5.75 Å². The maximum absolute atomic E-state index is 11.3. The van der Waals surface area contributed by atoms with Crippen molar-refractivity contribution in [3.05, 3.63) is 59.7 Å². The lowest BCUT2D eigenvalue weighted by Gasteiger charge is -2.07. The van der Waals surface area contributed by atoms with Gasteiger partial charge in [-0.15, -0.1) is 11.8 Å². The van der Waals surface area contributed by atoms with Gasteiger partial charge in [-0.05, 0) is 43.3 Å². The average Bonchev–Trinajstić information content (AvgIpc) is 2.51. The summed E-state index contributed by atoms with van der Waals surface area (Å²) in [5.74, 6) is 6.38. The van der Waals surface area contributed by atoms with E-state index in [2.05, 4.69) is 36.6 Å². The number of nitrogen functional groups attached to an aromatic ring is 1. The Morgan fingerprint density at radius 3 is 2.67 bits per heavy atom. The molecule has 4 nitrogen and oxygen atoms in total. The van der Waals surface area contributed by atoms with Crippen molar-refractivity contribution in [1.82, 2.24) is 5.43 Å². The number of ether oxygens (including phenoxy) is 1. The van der Waals surface area contributed by atoms with Crippen molar-refractivity contribution in [3.63, 3.8) is 0 Å². The van der Waals surface area contributed by atoms with E-state index in [4.69, 9.17) is 10.6 Å². The van der Waals surface area contributed by atoms with Gasteiger partial charge in [0.25, 0.3) is 5.91 Å². The van der Waals surface area contributed by atoms with Crippen LogP contribution in [0.4, 0.5) is 0 Å². The van der Waals surface area contributed by atoms with E-state index >= 15 is 0 Å². The number of hydrogen-bond acceptors (Lipinski definition) is 4. The Kier molecular flexibility index (Phi) is 5.66. The SMILES string of the molecule is Cc1cccc(SCCOc2ccc(C(=O)NN)cc2)c1. The van der Waals surface area contributed by atoms with Gasteiger partial charge >= 0.3 is 0 Å². The number of amides is 1. The molecule has 0 spiro atoms. The van der Waals surface area contributed by atoms with Crippen molar-refractivity contribution < 1.29 is 9.53 Å². The second kappa shape index (κ2) is 7.71. The molecule has 2 aromatic carbocycles. The first-order valence-corrected chi connectivity index (χ1v) is 7.61. The fourth-order valence-electron chi connectivity index (χ4n) is 1.81. The molecule has 2 aromatic rings. The van der Waals surface area contributed by atoms with E-state index in [1.807, 2.05) is 0 Å². The molecular formula is C16H18N2O2S. The van der Waals surface area contributed by atoms with Crippen LogP contribution >= 0.6 is 11.8 Å². The van der Waals surface area contributed by atoms with Gasteiger partial charge in [0.05, 0.1) is 6.61 Å². The third-order valence-corrected chi connectivity index (χ3v) is 3.82. The Hall–Kier alpha value is -1.98. The van der Waals surface area contributed by atoms with Crippen LogP contribution in [0.5, 0.6) is 5.75 Å². The fraction of sp³-hybridized carbons (Fsp3) is 0.188. The fourth-order valence-corrected chi connectivity index (χ4v) is 2.66. The van der Waals surface area contributed by atoms with E-state index in [9.17, 15) is 4.79 Å². The Morgan fingerprint density at radius 2 is 2.00 bits per heavy atom. The van der Waals surface area contributed by atoms with Crippen molar-refractivity contribution in [2.24, 2.45) is 5.84 Å². The second-order valence-corrected chi connectivity index (χ2v) is 5.68. The number of benzene rings is 2. The van der Waals surface area contributed by atoms with E-state index in [0.29, 0.717) is 12.2 Å². The number of thioether (sulfide) groups is 1. The third kappa shape index (κ3) is 4.81. The molecule has 0 bridgehead atoms. The molecule has 1 amide bonds. The molecule has 21 heavy (non-hydrogen) atoms. The van der Waals surface area contributed by atoms with Gasteiger partial charge in [0, 0.05) is 16.2 Å². The summed E-state index contributed by atoms with van der Waals surface area (Å²) in [6.45, 7) is 2.70. The van der Waals surface area contributed by atoms with Gasteiger partial charge in [0.2, 0.25) is 0 Å². The van der Waals surface area contributed by atoms with Crippen LogP contribution in [-0.4, -0.2) is 18.3 Å². The molecular weight excluding hydrogens is 284 g/mol. The number of aryl methyl sites for hydroxylation is 1. The Morgan fingerprint density at radius 1 is 1.24 bits per heavy atom. The normalized spacial score (nSPS) is 10.2. The number of nitrogens with two attached hydrogens (primary N) is 1. The van der Waals surface area contributed by atoms with E-state index in [0.717, 1.165) is 11.5 Å². The largest absolute Gasteiger partial charge is 0.493 e. The number of rotatable bonds is 6. The highest BCUT2D eigenvalue weighted by molar-refractivity contribution is 7.99. The van der Waals surface area contributed by atoms with Crippen LogP contribution < -0.4 is 16.0 Å². The van der Waals surface area contributed by atoms with Crippen molar-refractivity contribution in [1.29, 1.82) is 0 Å². The number of hydrazine groups is 1. The molecule has 0 radical (unpaired) electrons. The summed E-state index contributed by atoms with van der Waals surface area (Å²) in [6.07, 6.45) is 0. The summed E-state index contributed by atoms with van der Waals surface area (Å²) >= 11 is 1.76. The van der Waals surface area contributed by atoms with E-state index < -0.39 is 0 Å². The molecule has 2 rings (SSSR count). The Bertz CT molecular complexity index is 599. The van der Waals surface area contributed by atoms with Gasteiger partial charge in [-0.2, -0.15) is 0 Å². The summed E-state index contributed by atoms with van der Waals surface area (Å²) < 4.78 is 5.64. The molecule has 0 aliphatic carbocycles. The molecule has 0 fully saturated rings. The van der Waals surface area contributed by atoms with E-state index in [1.54, 1.807) is 36.0 Å². The van der Waals surface area contributed by atoms with Crippen molar-refractivity contribution >= 4 is 17.7 Å². The van der Waals surface area contributed by atoms with Crippen molar-refractivity contribution in [3.8, 4) is 5.75 Å². The molecule has 0 saturated carbocycles. The van der Waals surface area contributed by atoms with Crippen LogP contribution in [0.15, 0.2) is 53.4 Å². The molecule has 0 saturated heterocycles. The molecule has 0 atom stereocenters. The van der Waals surface area contributed by atoms with Crippen LogP contribution in [0, 0.1) is 6.92 Å². The van der Waals surface area contributed by atoms with Crippen molar-refractivity contribution in [2.45, 2.75) is 11.8 Å². The number of hydrogen-bond donors (Lipinski definition) is 2. The predicted octanol–water partition coefficient (Wildman–Crippen LogP) is 2.77. The first-order valence-electron chi connectivity index (χ1n) is 6.62. The molecule has 3 N–H and O–H groups in total. The number of carbonyl (C=O) groups is 1. The lowest BCUT2D eigenvalue weighted by molar-refractivity contribution is 0.0953. The standard InChI is InChI=1S/C16H18N2O2S/c1-12-3-2-4-15(11-12)21-10-9-20-14-7-5-13(6-8-14)16(19)18-17/h2-8,11H,9-10,17H2,1H3,(H,18,19). The zero-order valence-electron chi connectivity index (χ0n) is 11.8. The first-order chi connectivity index (χ1) is 10.2. The van der Waals surface area contributed by atoms with Crippen LogP contribution in [0.2, 0.25) is 0 Å². The molecule has 0 heterocycles. The molecule has 0 aromatic heterocycles. The molecule has 0 aliphatic rings. The minimum absolute atomic E-state index is 0.309. The summed E-state index contributed by atoms with van der Waals surface area (Å²) in [6, 6.07) is 15.3. The minimum Gasteiger partial charge on any atom is -0.493 e. The highest BCUT2D eigenvalue weighted by atomic mass is 32.2. The monoisotopic (exact) mass is 302 g/mol. The number of nitrogens with one attached hydrogen (secondary N) is 1. The molecule has 0 aliphatic heterocycles. The quantitative estimate of drug-likeness (QED) is 0.283. The highest BCUT2D eigenvalue weighted by Crippen LogP contribution is 2.19. The van der Waals surface area contributed by atoms with Crippen LogP contribution in [0.3, 0.4) is 0 Å². The Labute approximate surface area is 128 Å². The maximum Gasteiger partial charge on any atom is 0.265 e. The van der Waals surface area contributed by atoms with Gasteiger partial charge in [-0.25, -0.2) is 5.84 Å². The first kappa shape index (κ1) is 15.4. The zero-order chi connectivity index (χ0) is 15.1. The summed E-state index contributed by atoms with van der Waals surface area (Å²) in [5, 5.41) is 0. The topological polar surface area (TPSA) is 64.3 Å². The predicted molar refractivity (Wildman–Crippen MR) is 85.5 cm³/mol. The molecule has 5 heteroatoms. The average molecular weight is 302 g/mol. The second-order valence-electron chi connectivity index (χ2n) is 4.51. The van der Waals surface area contributed by atoms with E-state index in [1.165, 1.54) is 10.5 Å². The Balaban J connectivity index is 1.77. The lowest BCUT2D eigenvalue weighted by Crippen LogP contribution is -2.29. The van der Waals surface area contributed by atoms with Gasteiger partial charge in [-0.3, -0.25) is 10.2 Å². The van der Waals surface area contributed by atoms with Gasteiger partial charge in [-0.1, -0.05) is 17.7 Å². The van der Waals surface area contributed by atoms with Gasteiger partial charge in [0.15, 0.2) is 0 Å². The third-order valence-electron chi connectivity index (χ3n) is 2.86. The smallest absolute Gasteiger partial charge is 0.265 e. The van der Waals surface area contributed by atoms with Crippen LogP contribution in [0.1, 0.15) is 15.9 Å². The highest BCUT2D eigenvalue weighted by Gasteiger charge is 2.03. The molecule has 110 valence electrons. The maximum atomic E-state index is 11.3. The zero-order valence-corrected chi connectivity index (χ0v) is 12.7. The van der Waals surface area contributed by atoms with Crippen LogP contribution in [-0.2, 0) is 0 Å². The number of carbonyl (C=O) groups excluding carboxylic acids is 1.